The van der Waals surface area contributed by atoms with Crippen molar-refractivity contribution in [1.29, 1.82) is 0 Å². The van der Waals surface area contributed by atoms with E-state index in [4.69, 9.17) is 4.74 Å². The largest absolute Gasteiger partial charge is 0.379 e. The highest BCUT2D eigenvalue weighted by atomic mass is 16.5. The molecule has 0 saturated heterocycles. The molecular weight excluding hydrogens is 222 g/mol. The van der Waals surface area contributed by atoms with Crippen LogP contribution in [0.3, 0.4) is 0 Å². The van der Waals surface area contributed by atoms with Crippen LogP contribution in [0.1, 0.15) is 49.4 Å². The molecule has 102 valence electrons. The van der Waals surface area contributed by atoms with Gasteiger partial charge >= 0.3 is 0 Å². The first kappa shape index (κ1) is 15.2. The van der Waals surface area contributed by atoms with Gasteiger partial charge < -0.3 is 10.1 Å². The highest BCUT2D eigenvalue weighted by Gasteiger charge is 2.21. The zero-order valence-electron chi connectivity index (χ0n) is 12.4. The second kappa shape index (κ2) is 7.55. The van der Waals surface area contributed by atoms with Crippen LogP contribution in [-0.4, -0.2) is 19.8 Å². The number of rotatable bonds is 7. The van der Waals surface area contributed by atoms with Crippen molar-refractivity contribution >= 4 is 0 Å². The number of ether oxygens (including phenoxy) is 1. The number of nitrogens with one attached hydrogen (secondary N) is 1. The Morgan fingerprint density at radius 1 is 1.11 bits per heavy atom. The van der Waals surface area contributed by atoms with Crippen molar-refractivity contribution in [3.05, 3.63) is 34.9 Å². The molecule has 0 saturated carbocycles. The Bertz CT molecular complexity index is 342. The molecule has 0 aliphatic rings. The molecule has 0 aromatic heterocycles. The predicted octanol–water partition coefficient (Wildman–Crippen LogP) is 3.77. The first-order chi connectivity index (χ1) is 8.62. The van der Waals surface area contributed by atoms with E-state index in [-0.39, 0.29) is 6.10 Å². The van der Waals surface area contributed by atoms with Gasteiger partial charge in [-0.2, -0.15) is 0 Å². The summed E-state index contributed by atoms with van der Waals surface area (Å²) in [4.78, 5) is 0. The summed E-state index contributed by atoms with van der Waals surface area (Å²) in [5.74, 6) is 0. The van der Waals surface area contributed by atoms with Gasteiger partial charge in [0.1, 0.15) is 0 Å². The second-order valence-corrected chi connectivity index (χ2v) is 5.02. The molecule has 0 bridgehead atoms. The summed E-state index contributed by atoms with van der Waals surface area (Å²) in [6, 6.07) is 7.04. The molecule has 2 atom stereocenters. The quantitative estimate of drug-likeness (QED) is 0.794. The molecule has 0 spiro atoms. The van der Waals surface area contributed by atoms with Crippen molar-refractivity contribution in [2.24, 2.45) is 0 Å². The molecule has 18 heavy (non-hydrogen) atoms. The van der Waals surface area contributed by atoms with E-state index in [0.29, 0.717) is 6.04 Å². The van der Waals surface area contributed by atoms with Crippen LogP contribution in [-0.2, 0) is 4.74 Å². The third kappa shape index (κ3) is 4.11. The summed E-state index contributed by atoms with van der Waals surface area (Å²) < 4.78 is 5.68. The molecule has 0 aliphatic carbocycles. The average molecular weight is 249 g/mol. The van der Waals surface area contributed by atoms with E-state index >= 15 is 0 Å². The molecule has 0 radical (unpaired) electrons. The van der Waals surface area contributed by atoms with Crippen LogP contribution in [0.2, 0.25) is 0 Å². The molecular formula is C16H27NO. The number of aryl methyl sites for hydroxylation is 2. The fraction of sp³-hybridized carbons (Fsp3) is 0.625. The van der Waals surface area contributed by atoms with Gasteiger partial charge in [-0.05, 0) is 32.4 Å². The fourth-order valence-corrected chi connectivity index (χ4v) is 2.58. The van der Waals surface area contributed by atoms with Crippen molar-refractivity contribution in [2.75, 3.05) is 13.7 Å². The van der Waals surface area contributed by atoms with Crippen molar-refractivity contribution in [3.63, 3.8) is 0 Å². The monoisotopic (exact) mass is 249 g/mol. The number of hydrogen-bond donors (Lipinski definition) is 1. The number of hydrogen-bond acceptors (Lipinski definition) is 2. The minimum absolute atomic E-state index is 0.246. The molecule has 0 heterocycles. The first-order valence-corrected chi connectivity index (χ1v) is 6.96. The normalized spacial score (nSPS) is 14.5. The lowest BCUT2D eigenvalue weighted by molar-refractivity contribution is 0.0611. The molecule has 0 fully saturated rings. The lowest BCUT2D eigenvalue weighted by Gasteiger charge is -2.27. The Morgan fingerprint density at radius 3 is 2.17 bits per heavy atom. The molecule has 2 unspecified atom stereocenters. The van der Waals surface area contributed by atoms with Crippen LogP contribution >= 0.6 is 0 Å². The third-order valence-electron chi connectivity index (χ3n) is 3.27. The van der Waals surface area contributed by atoms with E-state index < -0.39 is 0 Å². The van der Waals surface area contributed by atoms with E-state index in [1.54, 1.807) is 0 Å². The molecule has 2 heteroatoms. The molecule has 1 aromatic rings. The van der Waals surface area contributed by atoms with Crippen molar-refractivity contribution in [2.45, 2.75) is 52.7 Å². The zero-order chi connectivity index (χ0) is 13.5. The van der Waals surface area contributed by atoms with Crippen LogP contribution in [0.5, 0.6) is 0 Å². The van der Waals surface area contributed by atoms with Gasteiger partial charge in [-0.25, -0.2) is 0 Å². The Labute approximate surface area is 112 Å². The summed E-state index contributed by atoms with van der Waals surface area (Å²) in [7, 11) is 1.81. The molecule has 1 aromatic carbocycles. The summed E-state index contributed by atoms with van der Waals surface area (Å²) in [6.07, 6.45) is 2.47. The summed E-state index contributed by atoms with van der Waals surface area (Å²) in [5, 5.41) is 3.56. The molecule has 0 amide bonds. The summed E-state index contributed by atoms with van der Waals surface area (Å²) in [6.45, 7) is 9.62. The third-order valence-corrected chi connectivity index (χ3v) is 3.27. The van der Waals surface area contributed by atoms with Gasteiger partial charge in [0.05, 0.1) is 12.1 Å². The van der Waals surface area contributed by atoms with Gasteiger partial charge in [0.25, 0.3) is 0 Å². The van der Waals surface area contributed by atoms with Gasteiger partial charge in [-0.15, -0.1) is 0 Å². The maximum absolute atomic E-state index is 5.68. The minimum Gasteiger partial charge on any atom is -0.379 e. The van der Waals surface area contributed by atoms with Gasteiger partial charge in [0.2, 0.25) is 0 Å². The van der Waals surface area contributed by atoms with Gasteiger partial charge in [-0.3, -0.25) is 0 Å². The summed E-state index contributed by atoms with van der Waals surface area (Å²) >= 11 is 0. The Balaban J connectivity index is 3.01. The van der Waals surface area contributed by atoms with E-state index in [2.05, 4.69) is 51.2 Å². The summed E-state index contributed by atoms with van der Waals surface area (Å²) in [5.41, 5.74) is 3.98. The number of benzene rings is 1. The number of methoxy groups -OCH3 is 1. The Hall–Kier alpha value is -0.860. The van der Waals surface area contributed by atoms with E-state index in [1.165, 1.54) is 16.7 Å². The van der Waals surface area contributed by atoms with Gasteiger partial charge in [0, 0.05) is 7.11 Å². The SMILES string of the molecule is CCCC(OC)C(NCC)c1cc(C)cc(C)c1. The van der Waals surface area contributed by atoms with Gasteiger partial charge in [0.15, 0.2) is 0 Å². The molecule has 1 rings (SSSR count). The second-order valence-electron chi connectivity index (χ2n) is 5.02. The predicted molar refractivity (Wildman–Crippen MR) is 78.0 cm³/mol. The average Bonchev–Trinajstić information content (AvgIpc) is 2.32. The standard InChI is InChI=1S/C16H27NO/c1-6-8-15(18-5)16(17-7-2)14-10-12(3)9-13(4)11-14/h9-11,15-17H,6-8H2,1-5H3. The lowest BCUT2D eigenvalue weighted by atomic mass is 9.95. The van der Waals surface area contributed by atoms with Crippen molar-refractivity contribution in [1.82, 2.24) is 5.32 Å². The Morgan fingerprint density at radius 2 is 1.72 bits per heavy atom. The first-order valence-electron chi connectivity index (χ1n) is 6.96. The van der Waals surface area contributed by atoms with Crippen molar-refractivity contribution in [3.8, 4) is 0 Å². The fourth-order valence-electron chi connectivity index (χ4n) is 2.58. The maximum atomic E-state index is 5.68. The maximum Gasteiger partial charge on any atom is 0.0765 e. The van der Waals surface area contributed by atoms with Gasteiger partial charge in [-0.1, -0.05) is 49.6 Å². The van der Waals surface area contributed by atoms with Crippen LogP contribution in [0.15, 0.2) is 18.2 Å². The Kier molecular flexibility index (Phi) is 6.37. The molecule has 1 N–H and O–H groups in total. The van der Waals surface area contributed by atoms with Crippen LogP contribution in [0.4, 0.5) is 0 Å². The topological polar surface area (TPSA) is 21.3 Å². The zero-order valence-corrected chi connectivity index (χ0v) is 12.4. The minimum atomic E-state index is 0.246. The van der Waals surface area contributed by atoms with E-state index in [9.17, 15) is 0 Å². The van der Waals surface area contributed by atoms with Crippen LogP contribution < -0.4 is 5.32 Å². The highest BCUT2D eigenvalue weighted by molar-refractivity contribution is 5.31. The number of likely N-dealkylation sites (N-methyl/N-ethyl adjacent to an activating group) is 1. The van der Waals surface area contributed by atoms with E-state index in [0.717, 1.165) is 19.4 Å². The van der Waals surface area contributed by atoms with Crippen LogP contribution in [0, 0.1) is 13.8 Å². The smallest absolute Gasteiger partial charge is 0.0765 e. The molecule has 2 nitrogen and oxygen atoms in total. The highest BCUT2D eigenvalue weighted by Crippen LogP contribution is 2.24. The van der Waals surface area contributed by atoms with Crippen LogP contribution in [0.25, 0.3) is 0 Å². The molecule has 0 aliphatic heterocycles. The van der Waals surface area contributed by atoms with Crippen molar-refractivity contribution < 1.29 is 4.74 Å². The van der Waals surface area contributed by atoms with E-state index in [1.807, 2.05) is 7.11 Å². The lowest BCUT2D eigenvalue weighted by Crippen LogP contribution is -2.33.